The number of amides is 1. The van der Waals surface area contributed by atoms with Crippen LogP contribution in [0.5, 0.6) is 0 Å². The van der Waals surface area contributed by atoms with Crippen molar-refractivity contribution < 1.29 is 4.79 Å². The van der Waals surface area contributed by atoms with E-state index in [1.807, 2.05) is 30.0 Å². The van der Waals surface area contributed by atoms with Crippen LogP contribution in [0.2, 0.25) is 0 Å². The van der Waals surface area contributed by atoms with Gasteiger partial charge in [-0.2, -0.15) is 0 Å². The lowest BCUT2D eigenvalue weighted by Gasteiger charge is -2.42. The summed E-state index contributed by atoms with van der Waals surface area (Å²) in [6.45, 7) is 4.80. The molecule has 0 radical (unpaired) electrons. The first-order valence-corrected chi connectivity index (χ1v) is 7.57. The Kier molecular flexibility index (Phi) is 3.54. The van der Waals surface area contributed by atoms with Crippen LogP contribution in [-0.2, 0) is 11.3 Å². The van der Waals surface area contributed by atoms with E-state index in [1.54, 1.807) is 0 Å². The smallest absolute Gasteiger partial charge is 0.223 e. The molecule has 0 aromatic heterocycles. The molecule has 108 valence electrons. The van der Waals surface area contributed by atoms with E-state index in [9.17, 15) is 4.79 Å². The zero-order valence-electron chi connectivity index (χ0n) is 12.6. The average molecular weight is 279 g/mol. The van der Waals surface area contributed by atoms with Crippen LogP contribution in [0, 0.1) is 5.41 Å². The van der Waals surface area contributed by atoms with Crippen molar-refractivity contribution in [3.8, 4) is 0 Å². The highest BCUT2D eigenvalue weighted by Crippen LogP contribution is 2.37. The number of nitrogens with zero attached hydrogens (tertiary/aromatic N) is 1. The van der Waals surface area contributed by atoms with E-state index in [2.05, 4.69) is 49.4 Å². The molecule has 3 rings (SSSR count). The van der Waals surface area contributed by atoms with Crippen LogP contribution in [0.25, 0.3) is 6.08 Å². The summed E-state index contributed by atoms with van der Waals surface area (Å²) in [7, 11) is 0. The van der Waals surface area contributed by atoms with E-state index in [1.165, 1.54) is 11.1 Å². The van der Waals surface area contributed by atoms with Crippen LogP contribution < -0.4 is 0 Å². The Hall–Kier alpha value is -2.09. The first-order chi connectivity index (χ1) is 10.1. The fraction of sp³-hybridized carbons (Fsp3) is 0.316. The molecule has 1 aromatic carbocycles. The lowest BCUT2D eigenvalue weighted by molar-refractivity contribution is -0.134. The van der Waals surface area contributed by atoms with Gasteiger partial charge in [-0.05, 0) is 11.1 Å². The third-order valence-corrected chi connectivity index (χ3v) is 4.47. The van der Waals surface area contributed by atoms with Gasteiger partial charge in [0.05, 0.1) is 6.04 Å². The summed E-state index contributed by atoms with van der Waals surface area (Å²) in [5.41, 5.74) is 2.27. The van der Waals surface area contributed by atoms with Crippen LogP contribution in [0.1, 0.15) is 31.4 Å². The van der Waals surface area contributed by atoms with Crippen LogP contribution in [0.4, 0.5) is 0 Å². The minimum absolute atomic E-state index is 0.0829. The molecular weight excluding hydrogens is 258 g/mol. The van der Waals surface area contributed by atoms with E-state index < -0.39 is 0 Å². The minimum atomic E-state index is -0.146. The van der Waals surface area contributed by atoms with Gasteiger partial charge < -0.3 is 4.90 Å². The second-order valence-corrected chi connectivity index (χ2v) is 5.96. The van der Waals surface area contributed by atoms with Gasteiger partial charge in [-0.3, -0.25) is 4.79 Å². The number of benzene rings is 1. The molecule has 2 atom stereocenters. The number of hydrogen-bond donors (Lipinski definition) is 0. The average Bonchev–Trinajstić information content (AvgIpc) is 2.50. The topological polar surface area (TPSA) is 20.3 Å². The number of carbonyl (C=O) groups excluding carboxylic acids is 1. The molecule has 0 fully saturated rings. The van der Waals surface area contributed by atoms with Crippen LogP contribution in [0.3, 0.4) is 0 Å². The summed E-state index contributed by atoms with van der Waals surface area (Å²) >= 11 is 0. The molecule has 1 heterocycles. The van der Waals surface area contributed by atoms with Crippen molar-refractivity contribution in [1.82, 2.24) is 4.90 Å². The highest BCUT2D eigenvalue weighted by molar-refractivity contribution is 5.77. The summed E-state index contributed by atoms with van der Waals surface area (Å²) in [5.74, 6) is 0.205. The Labute approximate surface area is 126 Å². The van der Waals surface area contributed by atoms with Crippen LogP contribution >= 0.6 is 0 Å². The highest BCUT2D eigenvalue weighted by Gasteiger charge is 2.36. The fourth-order valence-corrected chi connectivity index (χ4v) is 3.17. The Morgan fingerprint density at radius 1 is 1.29 bits per heavy atom. The molecular formula is C19H21NO. The third-order valence-electron chi connectivity index (χ3n) is 4.47. The van der Waals surface area contributed by atoms with E-state index >= 15 is 0 Å². The van der Waals surface area contributed by atoms with Gasteiger partial charge in [-0.15, -0.1) is 0 Å². The number of allylic oxidation sites excluding steroid dienone is 2. The molecule has 2 unspecified atom stereocenters. The Morgan fingerprint density at radius 2 is 2.10 bits per heavy atom. The van der Waals surface area contributed by atoms with E-state index in [0.717, 1.165) is 0 Å². The molecule has 0 spiro atoms. The first kappa shape index (κ1) is 13.9. The van der Waals surface area contributed by atoms with E-state index in [4.69, 9.17) is 0 Å². The summed E-state index contributed by atoms with van der Waals surface area (Å²) < 4.78 is 0. The van der Waals surface area contributed by atoms with Gasteiger partial charge in [-0.25, -0.2) is 0 Å². The lowest BCUT2D eigenvalue weighted by atomic mass is 9.76. The number of rotatable bonds is 1. The van der Waals surface area contributed by atoms with Crippen molar-refractivity contribution in [2.75, 3.05) is 0 Å². The lowest BCUT2D eigenvalue weighted by Crippen LogP contribution is -2.47. The van der Waals surface area contributed by atoms with Crippen molar-refractivity contribution in [1.29, 1.82) is 0 Å². The van der Waals surface area contributed by atoms with Crippen molar-refractivity contribution in [2.24, 2.45) is 5.41 Å². The maximum Gasteiger partial charge on any atom is 0.223 e. The Morgan fingerprint density at radius 3 is 2.90 bits per heavy atom. The van der Waals surface area contributed by atoms with Crippen LogP contribution in [-0.4, -0.2) is 16.8 Å². The molecule has 1 aromatic rings. The molecule has 0 N–H and O–H groups in total. The monoisotopic (exact) mass is 279 g/mol. The summed E-state index contributed by atoms with van der Waals surface area (Å²) in [5, 5.41) is 0. The number of carbonyl (C=O) groups is 1. The van der Waals surface area contributed by atoms with E-state index in [-0.39, 0.29) is 17.4 Å². The van der Waals surface area contributed by atoms with E-state index in [0.29, 0.717) is 13.0 Å². The van der Waals surface area contributed by atoms with Crippen molar-refractivity contribution >= 4 is 12.0 Å². The van der Waals surface area contributed by atoms with Crippen molar-refractivity contribution in [3.05, 3.63) is 65.8 Å². The Bertz CT molecular complexity index is 641. The van der Waals surface area contributed by atoms with Gasteiger partial charge in [0.25, 0.3) is 0 Å². The molecule has 1 aliphatic heterocycles. The summed E-state index contributed by atoms with van der Waals surface area (Å²) in [6.07, 6.45) is 13.4. The quantitative estimate of drug-likeness (QED) is 0.762. The molecule has 0 bridgehead atoms. The molecule has 2 heteroatoms. The zero-order chi connectivity index (χ0) is 14.9. The largest absolute Gasteiger partial charge is 0.331 e. The van der Waals surface area contributed by atoms with Crippen molar-refractivity contribution in [2.45, 2.75) is 32.9 Å². The zero-order valence-corrected chi connectivity index (χ0v) is 12.6. The normalized spacial score (nSPS) is 28.3. The van der Waals surface area contributed by atoms with Gasteiger partial charge in [0.1, 0.15) is 0 Å². The fourth-order valence-electron chi connectivity index (χ4n) is 3.17. The second-order valence-electron chi connectivity index (χ2n) is 5.96. The van der Waals surface area contributed by atoms with Gasteiger partial charge in [0.15, 0.2) is 0 Å². The first-order valence-electron chi connectivity index (χ1n) is 7.57. The maximum absolute atomic E-state index is 12.5. The molecule has 0 saturated carbocycles. The molecule has 1 aliphatic carbocycles. The predicted molar refractivity (Wildman–Crippen MR) is 86.5 cm³/mol. The predicted octanol–water partition coefficient (Wildman–Crippen LogP) is 3.95. The molecule has 21 heavy (non-hydrogen) atoms. The van der Waals surface area contributed by atoms with Crippen molar-refractivity contribution in [3.63, 3.8) is 0 Å². The number of hydrogen-bond acceptors (Lipinski definition) is 1. The van der Waals surface area contributed by atoms with Crippen LogP contribution in [0.15, 0.2) is 54.6 Å². The summed E-state index contributed by atoms with van der Waals surface area (Å²) in [4.78, 5) is 14.5. The van der Waals surface area contributed by atoms with Gasteiger partial charge >= 0.3 is 0 Å². The third kappa shape index (κ3) is 2.46. The SMILES string of the molecule is CCC(=O)N1Cc2ccccc2/C=C\C2(C)C=CC=CC12. The molecule has 0 saturated heterocycles. The Balaban J connectivity index is 2.12. The second kappa shape index (κ2) is 5.36. The molecule has 2 nitrogen and oxygen atoms in total. The molecule has 1 amide bonds. The maximum atomic E-state index is 12.5. The highest BCUT2D eigenvalue weighted by atomic mass is 16.2. The standard InChI is InChI=1S/C19H21NO/c1-3-18(21)20-14-16-9-5-4-8-15(16)11-13-19(2)12-7-6-10-17(19)20/h4-13,17H,3,14H2,1-2H3/b13-11-. The summed E-state index contributed by atoms with van der Waals surface area (Å²) in [6, 6.07) is 8.40. The minimum Gasteiger partial charge on any atom is -0.331 e. The van der Waals surface area contributed by atoms with Gasteiger partial charge in [0.2, 0.25) is 5.91 Å². The molecule has 2 aliphatic rings. The van der Waals surface area contributed by atoms with Gasteiger partial charge in [-0.1, -0.05) is 74.6 Å². The van der Waals surface area contributed by atoms with Gasteiger partial charge in [0, 0.05) is 18.4 Å². The number of fused-ring (bicyclic) bond motifs is 2.